The van der Waals surface area contributed by atoms with Crippen LogP contribution in [0, 0.1) is 5.92 Å². The molecule has 1 unspecified atom stereocenters. The summed E-state index contributed by atoms with van der Waals surface area (Å²) in [5.41, 5.74) is 0.216. The van der Waals surface area contributed by atoms with E-state index in [1.807, 2.05) is 0 Å². The SMILES string of the molecule is CC1CN(C(=O)C2CC2)CCN1C(C)(C)C. The molecule has 3 heteroatoms. The van der Waals surface area contributed by atoms with E-state index in [0.29, 0.717) is 17.9 Å². The van der Waals surface area contributed by atoms with E-state index in [-0.39, 0.29) is 5.54 Å². The number of hydrogen-bond acceptors (Lipinski definition) is 2. The van der Waals surface area contributed by atoms with E-state index in [4.69, 9.17) is 0 Å². The van der Waals surface area contributed by atoms with Gasteiger partial charge in [0.25, 0.3) is 0 Å². The lowest BCUT2D eigenvalue weighted by molar-refractivity contribution is -0.136. The fourth-order valence-electron chi connectivity index (χ4n) is 2.74. The number of hydrogen-bond donors (Lipinski definition) is 0. The minimum Gasteiger partial charge on any atom is -0.340 e. The molecule has 0 radical (unpaired) electrons. The molecule has 0 N–H and O–H groups in total. The van der Waals surface area contributed by atoms with Crippen molar-refractivity contribution in [3.8, 4) is 0 Å². The maximum absolute atomic E-state index is 12.0. The zero-order valence-corrected chi connectivity index (χ0v) is 11.0. The molecule has 0 aromatic carbocycles. The summed E-state index contributed by atoms with van der Waals surface area (Å²) in [6.45, 7) is 11.8. The Morgan fingerprint density at radius 2 is 1.81 bits per heavy atom. The topological polar surface area (TPSA) is 23.6 Å². The summed E-state index contributed by atoms with van der Waals surface area (Å²) in [7, 11) is 0. The Balaban J connectivity index is 1.94. The van der Waals surface area contributed by atoms with Gasteiger partial charge < -0.3 is 4.90 Å². The van der Waals surface area contributed by atoms with Crippen LogP contribution in [0.2, 0.25) is 0 Å². The van der Waals surface area contributed by atoms with Crippen molar-refractivity contribution in [1.82, 2.24) is 9.80 Å². The van der Waals surface area contributed by atoms with Crippen molar-refractivity contribution >= 4 is 5.91 Å². The predicted octanol–water partition coefficient (Wildman–Crippen LogP) is 1.73. The molecule has 1 saturated carbocycles. The minimum absolute atomic E-state index is 0.216. The van der Waals surface area contributed by atoms with Crippen molar-refractivity contribution in [2.75, 3.05) is 19.6 Å². The lowest BCUT2D eigenvalue weighted by atomic mass is 10.0. The molecule has 0 bridgehead atoms. The molecule has 1 aliphatic carbocycles. The van der Waals surface area contributed by atoms with Crippen molar-refractivity contribution in [3.63, 3.8) is 0 Å². The highest BCUT2D eigenvalue weighted by atomic mass is 16.2. The Morgan fingerprint density at radius 1 is 1.19 bits per heavy atom. The van der Waals surface area contributed by atoms with E-state index >= 15 is 0 Å². The molecule has 0 spiro atoms. The Kier molecular flexibility index (Phi) is 2.99. The Bertz CT molecular complexity index is 278. The quantitative estimate of drug-likeness (QED) is 0.677. The van der Waals surface area contributed by atoms with Crippen LogP contribution in [-0.2, 0) is 4.79 Å². The first-order valence-electron chi connectivity index (χ1n) is 6.45. The second-order valence-corrected chi connectivity index (χ2v) is 6.27. The van der Waals surface area contributed by atoms with E-state index in [9.17, 15) is 4.79 Å². The number of amides is 1. The van der Waals surface area contributed by atoms with Crippen LogP contribution in [0.3, 0.4) is 0 Å². The molecule has 1 atom stereocenters. The van der Waals surface area contributed by atoms with E-state index in [1.165, 1.54) is 0 Å². The second-order valence-electron chi connectivity index (χ2n) is 6.27. The van der Waals surface area contributed by atoms with Crippen molar-refractivity contribution in [2.45, 2.75) is 52.1 Å². The van der Waals surface area contributed by atoms with Gasteiger partial charge in [-0.3, -0.25) is 9.69 Å². The predicted molar refractivity (Wildman–Crippen MR) is 65.2 cm³/mol. The number of carbonyl (C=O) groups excluding carboxylic acids is 1. The average molecular weight is 224 g/mol. The largest absolute Gasteiger partial charge is 0.340 e. The monoisotopic (exact) mass is 224 g/mol. The van der Waals surface area contributed by atoms with Crippen LogP contribution in [0.4, 0.5) is 0 Å². The summed E-state index contributed by atoms with van der Waals surface area (Å²) in [5, 5.41) is 0. The molecule has 3 nitrogen and oxygen atoms in total. The third-order valence-electron chi connectivity index (χ3n) is 3.73. The van der Waals surface area contributed by atoms with Gasteiger partial charge in [0, 0.05) is 37.1 Å². The summed E-state index contributed by atoms with van der Waals surface area (Å²) >= 11 is 0. The Labute approximate surface area is 98.8 Å². The average Bonchev–Trinajstić information content (AvgIpc) is 2.97. The summed E-state index contributed by atoms with van der Waals surface area (Å²) in [4.78, 5) is 16.5. The van der Waals surface area contributed by atoms with Gasteiger partial charge >= 0.3 is 0 Å². The van der Waals surface area contributed by atoms with Crippen molar-refractivity contribution in [2.24, 2.45) is 5.92 Å². The standard InChI is InChI=1S/C13H24N2O/c1-10-9-14(12(16)11-5-6-11)7-8-15(10)13(2,3)4/h10-11H,5-9H2,1-4H3. The highest BCUT2D eigenvalue weighted by molar-refractivity contribution is 5.81. The van der Waals surface area contributed by atoms with Gasteiger partial charge in [-0.1, -0.05) is 0 Å². The first kappa shape index (κ1) is 11.9. The van der Waals surface area contributed by atoms with Crippen LogP contribution >= 0.6 is 0 Å². The van der Waals surface area contributed by atoms with Crippen molar-refractivity contribution in [3.05, 3.63) is 0 Å². The zero-order chi connectivity index (χ0) is 11.9. The van der Waals surface area contributed by atoms with Crippen LogP contribution in [-0.4, -0.2) is 46.9 Å². The number of rotatable bonds is 1. The molecule has 1 heterocycles. The van der Waals surface area contributed by atoms with Gasteiger partial charge in [-0.15, -0.1) is 0 Å². The molecule has 2 rings (SSSR count). The van der Waals surface area contributed by atoms with Gasteiger partial charge in [-0.2, -0.15) is 0 Å². The highest BCUT2D eigenvalue weighted by Crippen LogP contribution is 2.32. The molecular formula is C13H24N2O. The van der Waals surface area contributed by atoms with Gasteiger partial charge in [0.1, 0.15) is 0 Å². The Morgan fingerprint density at radius 3 is 2.25 bits per heavy atom. The van der Waals surface area contributed by atoms with Gasteiger partial charge in [-0.05, 0) is 40.5 Å². The molecule has 0 aromatic heterocycles. The van der Waals surface area contributed by atoms with Crippen molar-refractivity contribution in [1.29, 1.82) is 0 Å². The number of nitrogens with zero attached hydrogens (tertiary/aromatic N) is 2. The molecule has 1 amide bonds. The van der Waals surface area contributed by atoms with Crippen molar-refractivity contribution < 1.29 is 4.79 Å². The van der Waals surface area contributed by atoms with Gasteiger partial charge in [-0.25, -0.2) is 0 Å². The summed E-state index contributed by atoms with van der Waals surface area (Å²) in [6.07, 6.45) is 2.24. The number of carbonyl (C=O) groups is 1. The first-order valence-corrected chi connectivity index (χ1v) is 6.45. The maximum atomic E-state index is 12.0. The van der Waals surface area contributed by atoms with E-state index in [1.54, 1.807) is 0 Å². The number of piperazine rings is 1. The van der Waals surface area contributed by atoms with Crippen LogP contribution in [0.15, 0.2) is 0 Å². The lowest BCUT2D eigenvalue weighted by Gasteiger charge is -2.46. The van der Waals surface area contributed by atoms with Gasteiger partial charge in [0.2, 0.25) is 5.91 Å². The summed E-state index contributed by atoms with van der Waals surface area (Å²) in [6, 6.07) is 0.483. The molecule has 1 saturated heterocycles. The summed E-state index contributed by atoms with van der Waals surface area (Å²) in [5.74, 6) is 0.772. The smallest absolute Gasteiger partial charge is 0.225 e. The first-order chi connectivity index (χ1) is 7.39. The lowest BCUT2D eigenvalue weighted by Crippen LogP contribution is -2.59. The highest BCUT2D eigenvalue weighted by Gasteiger charge is 2.38. The van der Waals surface area contributed by atoms with Crippen LogP contribution in [0.1, 0.15) is 40.5 Å². The molecule has 1 aliphatic heterocycles. The van der Waals surface area contributed by atoms with Gasteiger partial charge in [0.05, 0.1) is 0 Å². The normalized spacial score (nSPS) is 28.2. The molecule has 92 valence electrons. The summed E-state index contributed by atoms with van der Waals surface area (Å²) < 4.78 is 0. The van der Waals surface area contributed by atoms with E-state index in [0.717, 1.165) is 32.5 Å². The van der Waals surface area contributed by atoms with E-state index in [2.05, 4.69) is 37.5 Å². The second kappa shape index (κ2) is 4.02. The third kappa shape index (κ3) is 2.40. The third-order valence-corrected chi connectivity index (χ3v) is 3.73. The molecule has 0 aromatic rings. The molecular weight excluding hydrogens is 200 g/mol. The minimum atomic E-state index is 0.216. The van der Waals surface area contributed by atoms with Crippen LogP contribution < -0.4 is 0 Å². The van der Waals surface area contributed by atoms with Crippen LogP contribution in [0.5, 0.6) is 0 Å². The molecule has 16 heavy (non-hydrogen) atoms. The van der Waals surface area contributed by atoms with Crippen LogP contribution in [0.25, 0.3) is 0 Å². The Hall–Kier alpha value is -0.570. The fraction of sp³-hybridized carbons (Fsp3) is 0.923. The molecule has 2 fully saturated rings. The fourth-order valence-corrected chi connectivity index (χ4v) is 2.74. The molecule has 2 aliphatic rings. The van der Waals surface area contributed by atoms with Gasteiger partial charge in [0.15, 0.2) is 0 Å². The zero-order valence-electron chi connectivity index (χ0n) is 11.0. The maximum Gasteiger partial charge on any atom is 0.225 e. The van der Waals surface area contributed by atoms with E-state index < -0.39 is 0 Å².